The molecule has 3 N–H and O–H groups in total. The van der Waals surface area contributed by atoms with Gasteiger partial charge in [0.15, 0.2) is 0 Å². The van der Waals surface area contributed by atoms with Gasteiger partial charge < -0.3 is 15.5 Å². The lowest BCUT2D eigenvalue weighted by atomic mass is 10.1. The number of carbonyl (C=O) groups excluding carboxylic acids is 1. The second kappa shape index (κ2) is 5.94. The van der Waals surface area contributed by atoms with Crippen molar-refractivity contribution in [2.24, 2.45) is 5.92 Å². The fraction of sp³-hybridized carbons (Fsp3) is 0.889. The minimum Gasteiger partial charge on any atom is -0.391 e. The smallest absolute Gasteiger partial charge is 0.249 e. The summed E-state index contributed by atoms with van der Waals surface area (Å²) in [4.78, 5) is 11.1. The van der Waals surface area contributed by atoms with E-state index in [1.165, 1.54) is 0 Å². The van der Waals surface area contributed by atoms with E-state index in [1.54, 1.807) is 13.8 Å². The van der Waals surface area contributed by atoms with Crippen LogP contribution in [0.3, 0.4) is 0 Å². The molecule has 0 aromatic rings. The minimum atomic E-state index is -0.982. The topological polar surface area (TPSA) is 69.6 Å². The first kappa shape index (κ1) is 12.4. The van der Waals surface area contributed by atoms with E-state index in [9.17, 15) is 9.90 Å². The van der Waals surface area contributed by atoms with Crippen LogP contribution in [0.15, 0.2) is 0 Å². The van der Waals surface area contributed by atoms with Crippen molar-refractivity contribution in [2.45, 2.75) is 39.4 Å². The van der Waals surface area contributed by atoms with Crippen molar-refractivity contribution < 1.29 is 15.0 Å². The molecule has 0 saturated heterocycles. The van der Waals surface area contributed by atoms with Crippen molar-refractivity contribution in [3.63, 3.8) is 0 Å². The normalized spacial score (nSPS) is 15.5. The molecule has 2 atom stereocenters. The second-order valence-electron chi connectivity index (χ2n) is 3.50. The lowest BCUT2D eigenvalue weighted by Gasteiger charge is -2.15. The number of hydrogen-bond donors (Lipinski definition) is 3. The largest absolute Gasteiger partial charge is 0.391 e. The molecule has 0 radical (unpaired) electrons. The summed E-state index contributed by atoms with van der Waals surface area (Å²) >= 11 is 0. The quantitative estimate of drug-likeness (QED) is 0.565. The zero-order valence-corrected chi connectivity index (χ0v) is 8.45. The predicted octanol–water partition coefficient (Wildman–Crippen LogP) is -0.110. The van der Waals surface area contributed by atoms with Crippen molar-refractivity contribution in [1.82, 2.24) is 5.32 Å². The van der Waals surface area contributed by atoms with Crippen molar-refractivity contribution in [1.29, 1.82) is 0 Å². The third kappa shape index (κ3) is 4.85. The second-order valence-corrected chi connectivity index (χ2v) is 3.50. The number of amides is 1. The lowest BCUT2D eigenvalue weighted by molar-refractivity contribution is -0.131. The van der Waals surface area contributed by atoms with E-state index in [2.05, 4.69) is 5.32 Å². The monoisotopic (exact) mass is 189 g/mol. The Morgan fingerprint density at radius 2 is 1.92 bits per heavy atom. The van der Waals surface area contributed by atoms with Crippen molar-refractivity contribution in [3.8, 4) is 0 Å². The maximum Gasteiger partial charge on any atom is 0.249 e. The van der Waals surface area contributed by atoms with Gasteiger partial charge in [0.2, 0.25) is 5.91 Å². The highest BCUT2D eigenvalue weighted by Gasteiger charge is 2.18. The summed E-state index contributed by atoms with van der Waals surface area (Å²) in [6.45, 7) is 5.57. The molecule has 0 aromatic carbocycles. The van der Waals surface area contributed by atoms with E-state index < -0.39 is 18.1 Å². The Kier molecular flexibility index (Phi) is 5.66. The number of nitrogens with one attached hydrogen (secondary N) is 1. The molecule has 1 unspecified atom stereocenters. The Morgan fingerprint density at radius 3 is 2.31 bits per heavy atom. The van der Waals surface area contributed by atoms with Crippen LogP contribution in [0.25, 0.3) is 0 Å². The van der Waals surface area contributed by atoms with Gasteiger partial charge in [-0.25, -0.2) is 0 Å². The van der Waals surface area contributed by atoms with Crippen LogP contribution < -0.4 is 5.32 Å². The molecule has 0 fully saturated rings. The molecule has 0 rings (SSSR count). The van der Waals surface area contributed by atoms with Crippen molar-refractivity contribution >= 4 is 5.91 Å². The number of hydrogen-bond acceptors (Lipinski definition) is 3. The van der Waals surface area contributed by atoms with Crippen LogP contribution in [0.1, 0.15) is 27.2 Å². The summed E-state index contributed by atoms with van der Waals surface area (Å²) in [6, 6.07) is 0. The van der Waals surface area contributed by atoms with Gasteiger partial charge in [0.1, 0.15) is 6.10 Å². The average Bonchev–Trinajstić information content (AvgIpc) is 2.11. The Morgan fingerprint density at radius 1 is 1.38 bits per heavy atom. The van der Waals surface area contributed by atoms with E-state index in [0.717, 1.165) is 0 Å². The zero-order valence-electron chi connectivity index (χ0n) is 8.45. The molecular formula is C9H19NO3. The minimum absolute atomic E-state index is 0.0984. The van der Waals surface area contributed by atoms with Gasteiger partial charge in [0.25, 0.3) is 0 Å². The molecule has 0 aromatic heterocycles. The summed E-state index contributed by atoms with van der Waals surface area (Å²) in [7, 11) is 0. The van der Waals surface area contributed by atoms with Crippen LogP contribution >= 0.6 is 0 Å². The fourth-order valence-corrected chi connectivity index (χ4v) is 0.770. The van der Waals surface area contributed by atoms with Gasteiger partial charge in [0, 0.05) is 6.54 Å². The van der Waals surface area contributed by atoms with Gasteiger partial charge in [-0.05, 0) is 12.3 Å². The van der Waals surface area contributed by atoms with Crippen LogP contribution in [-0.4, -0.2) is 34.9 Å². The van der Waals surface area contributed by atoms with Crippen LogP contribution in [0.2, 0.25) is 0 Å². The Bertz CT molecular complexity index is 159. The fourth-order valence-electron chi connectivity index (χ4n) is 0.770. The maximum atomic E-state index is 11.1. The van der Waals surface area contributed by atoms with Gasteiger partial charge >= 0.3 is 0 Å². The molecule has 0 heterocycles. The van der Waals surface area contributed by atoms with Crippen molar-refractivity contribution in [3.05, 3.63) is 0 Å². The molecule has 0 aliphatic carbocycles. The lowest BCUT2D eigenvalue weighted by Crippen LogP contribution is -2.41. The van der Waals surface area contributed by atoms with E-state index in [1.807, 2.05) is 6.92 Å². The SMILES string of the molecule is CC[C@H](O)CNC(=O)C(O)C(C)C. The number of aliphatic hydroxyl groups is 2. The molecule has 0 bridgehead atoms. The first-order valence-corrected chi connectivity index (χ1v) is 4.62. The third-order valence-corrected chi connectivity index (χ3v) is 1.88. The number of carbonyl (C=O) groups is 1. The molecule has 0 spiro atoms. The summed E-state index contributed by atoms with van der Waals surface area (Å²) in [5, 5.41) is 20.9. The van der Waals surface area contributed by atoms with Crippen LogP contribution in [0.5, 0.6) is 0 Å². The Labute approximate surface area is 79.0 Å². The highest BCUT2D eigenvalue weighted by atomic mass is 16.3. The van der Waals surface area contributed by atoms with E-state index >= 15 is 0 Å². The van der Waals surface area contributed by atoms with Crippen LogP contribution in [0.4, 0.5) is 0 Å². The molecule has 4 nitrogen and oxygen atoms in total. The molecular weight excluding hydrogens is 170 g/mol. The highest BCUT2D eigenvalue weighted by molar-refractivity contribution is 5.80. The van der Waals surface area contributed by atoms with Gasteiger partial charge in [0.05, 0.1) is 6.10 Å². The molecule has 4 heteroatoms. The molecule has 0 aliphatic rings. The van der Waals surface area contributed by atoms with Gasteiger partial charge in [-0.15, -0.1) is 0 Å². The summed E-state index contributed by atoms with van der Waals surface area (Å²) in [5.41, 5.74) is 0. The maximum absolute atomic E-state index is 11.1. The van der Waals surface area contributed by atoms with Crippen LogP contribution in [-0.2, 0) is 4.79 Å². The van der Waals surface area contributed by atoms with Gasteiger partial charge in [-0.2, -0.15) is 0 Å². The summed E-state index contributed by atoms with van der Waals surface area (Å²) < 4.78 is 0. The predicted molar refractivity (Wildman–Crippen MR) is 50.2 cm³/mol. The molecule has 13 heavy (non-hydrogen) atoms. The molecule has 0 saturated carbocycles. The number of rotatable bonds is 5. The molecule has 1 amide bonds. The molecule has 0 aliphatic heterocycles. The summed E-state index contributed by atoms with van der Waals surface area (Å²) in [6.07, 6.45) is -0.912. The Hall–Kier alpha value is -0.610. The van der Waals surface area contributed by atoms with Crippen LogP contribution in [0, 0.1) is 5.92 Å². The van der Waals surface area contributed by atoms with Gasteiger partial charge in [-0.1, -0.05) is 20.8 Å². The standard InChI is InChI=1S/C9H19NO3/c1-4-7(11)5-10-9(13)8(12)6(2)3/h6-8,11-12H,4-5H2,1-3H3,(H,10,13)/t7-,8?/m0/s1. The van der Waals surface area contributed by atoms with E-state index in [-0.39, 0.29) is 12.5 Å². The molecule has 78 valence electrons. The highest BCUT2D eigenvalue weighted by Crippen LogP contribution is 2.00. The van der Waals surface area contributed by atoms with Crippen molar-refractivity contribution in [2.75, 3.05) is 6.54 Å². The number of aliphatic hydroxyl groups excluding tert-OH is 2. The first-order chi connectivity index (χ1) is 5.99. The van der Waals surface area contributed by atoms with E-state index in [0.29, 0.717) is 6.42 Å². The zero-order chi connectivity index (χ0) is 10.4. The Balaban J connectivity index is 3.74. The summed E-state index contributed by atoms with van der Waals surface area (Å²) in [5.74, 6) is -0.513. The van der Waals surface area contributed by atoms with Gasteiger partial charge in [-0.3, -0.25) is 4.79 Å². The first-order valence-electron chi connectivity index (χ1n) is 4.62. The van der Waals surface area contributed by atoms with E-state index in [4.69, 9.17) is 5.11 Å². The third-order valence-electron chi connectivity index (χ3n) is 1.88. The average molecular weight is 189 g/mol.